The van der Waals surface area contributed by atoms with E-state index < -0.39 is 0 Å². The molecule has 0 aliphatic carbocycles. The normalized spacial score (nSPS) is 16.1. The molecule has 0 spiro atoms. The molecule has 0 bridgehead atoms. The van der Waals surface area contributed by atoms with Crippen LogP contribution in [0.4, 0.5) is 5.69 Å². The molecular weight excluding hydrogens is 200 g/mol. The van der Waals surface area contributed by atoms with Gasteiger partial charge in [0.1, 0.15) is 0 Å². The zero-order valence-electron chi connectivity index (χ0n) is 9.79. The lowest BCUT2D eigenvalue weighted by atomic mass is 9.87. The Kier molecular flexibility index (Phi) is 2.97. The maximum Gasteiger partial charge on any atom is 0.228 e. The molecule has 3 nitrogen and oxygen atoms in total. The van der Waals surface area contributed by atoms with Crippen molar-refractivity contribution in [2.75, 3.05) is 11.9 Å². The van der Waals surface area contributed by atoms with Crippen LogP contribution in [-0.2, 0) is 11.2 Å². The molecule has 1 aliphatic heterocycles. The summed E-state index contributed by atoms with van der Waals surface area (Å²) >= 11 is 0. The summed E-state index contributed by atoms with van der Waals surface area (Å²) in [6.45, 7) is 5.00. The number of anilines is 1. The largest absolute Gasteiger partial charge is 0.330 e. The highest BCUT2D eigenvalue weighted by Gasteiger charge is 2.20. The molecule has 1 aromatic rings. The van der Waals surface area contributed by atoms with Crippen LogP contribution in [0.15, 0.2) is 18.2 Å². The van der Waals surface area contributed by atoms with Crippen molar-refractivity contribution in [2.45, 2.75) is 26.2 Å². The predicted molar refractivity (Wildman–Crippen MR) is 65.4 cm³/mol. The number of fused-ring (bicyclic) bond motifs is 1. The summed E-state index contributed by atoms with van der Waals surface area (Å²) in [6.07, 6.45) is 0.499. The summed E-state index contributed by atoms with van der Waals surface area (Å²) in [4.78, 5) is 11.2. The second-order valence-electron chi connectivity index (χ2n) is 4.73. The summed E-state index contributed by atoms with van der Waals surface area (Å²) in [5.41, 5.74) is 9.09. The molecule has 3 heteroatoms. The van der Waals surface area contributed by atoms with Crippen LogP contribution in [0.3, 0.4) is 0 Å². The van der Waals surface area contributed by atoms with Gasteiger partial charge in [0.15, 0.2) is 0 Å². The Morgan fingerprint density at radius 3 is 2.81 bits per heavy atom. The molecule has 86 valence electrons. The smallest absolute Gasteiger partial charge is 0.228 e. The van der Waals surface area contributed by atoms with Gasteiger partial charge in [0.25, 0.3) is 0 Å². The van der Waals surface area contributed by atoms with Crippen LogP contribution < -0.4 is 11.1 Å². The molecule has 2 rings (SSSR count). The Morgan fingerprint density at radius 1 is 1.44 bits per heavy atom. The monoisotopic (exact) mass is 218 g/mol. The summed E-state index contributed by atoms with van der Waals surface area (Å²) in [6, 6.07) is 6.17. The van der Waals surface area contributed by atoms with E-state index in [2.05, 4.69) is 31.3 Å². The molecule has 0 radical (unpaired) electrons. The number of hydrogen-bond donors (Lipinski definition) is 2. The first kappa shape index (κ1) is 11.1. The van der Waals surface area contributed by atoms with Crippen LogP contribution in [0.1, 0.15) is 30.9 Å². The first-order valence-corrected chi connectivity index (χ1v) is 5.74. The summed E-state index contributed by atoms with van der Waals surface area (Å²) in [5.74, 6) is 0.982. The van der Waals surface area contributed by atoms with Crippen LogP contribution in [0.5, 0.6) is 0 Å². The summed E-state index contributed by atoms with van der Waals surface area (Å²) in [5, 5.41) is 2.84. The maximum absolute atomic E-state index is 11.2. The van der Waals surface area contributed by atoms with E-state index in [1.807, 2.05) is 6.07 Å². The van der Waals surface area contributed by atoms with Gasteiger partial charge in [-0.05, 0) is 35.6 Å². The van der Waals surface area contributed by atoms with Crippen molar-refractivity contribution < 1.29 is 4.79 Å². The van der Waals surface area contributed by atoms with Crippen molar-refractivity contribution in [1.82, 2.24) is 0 Å². The Bertz CT molecular complexity index is 412. The fourth-order valence-electron chi connectivity index (χ4n) is 2.27. The summed E-state index contributed by atoms with van der Waals surface area (Å²) in [7, 11) is 0. The van der Waals surface area contributed by atoms with Crippen LogP contribution in [-0.4, -0.2) is 12.5 Å². The van der Waals surface area contributed by atoms with E-state index >= 15 is 0 Å². The minimum atomic E-state index is 0.0843. The quantitative estimate of drug-likeness (QED) is 0.814. The van der Waals surface area contributed by atoms with Gasteiger partial charge in [-0.15, -0.1) is 0 Å². The third kappa shape index (κ3) is 1.95. The second kappa shape index (κ2) is 4.26. The molecule has 1 aliphatic rings. The van der Waals surface area contributed by atoms with Gasteiger partial charge in [0.2, 0.25) is 5.91 Å². The van der Waals surface area contributed by atoms with E-state index in [1.54, 1.807) is 0 Å². The van der Waals surface area contributed by atoms with E-state index in [1.165, 1.54) is 5.56 Å². The predicted octanol–water partition coefficient (Wildman–Crippen LogP) is 1.88. The van der Waals surface area contributed by atoms with Crippen molar-refractivity contribution in [3.05, 3.63) is 29.3 Å². The topological polar surface area (TPSA) is 55.1 Å². The third-order valence-corrected chi connectivity index (χ3v) is 3.24. The lowest BCUT2D eigenvalue weighted by Crippen LogP contribution is -2.17. The molecule has 1 amide bonds. The van der Waals surface area contributed by atoms with Gasteiger partial charge in [-0.1, -0.05) is 26.0 Å². The summed E-state index contributed by atoms with van der Waals surface area (Å²) < 4.78 is 0. The first-order valence-electron chi connectivity index (χ1n) is 5.74. The Morgan fingerprint density at radius 2 is 2.19 bits per heavy atom. The van der Waals surface area contributed by atoms with Gasteiger partial charge in [-0.3, -0.25) is 4.79 Å². The molecule has 0 saturated heterocycles. The van der Waals surface area contributed by atoms with Crippen LogP contribution in [0.2, 0.25) is 0 Å². The van der Waals surface area contributed by atoms with E-state index in [-0.39, 0.29) is 5.91 Å². The molecule has 1 aromatic carbocycles. The van der Waals surface area contributed by atoms with Crippen molar-refractivity contribution in [3.8, 4) is 0 Å². The van der Waals surface area contributed by atoms with Crippen LogP contribution in [0.25, 0.3) is 0 Å². The standard InChI is InChI=1S/C13H18N2O/c1-8(2)11(7-14)9-3-4-12-10(5-9)6-13(16)15-12/h3-5,8,11H,6-7,14H2,1-2H3,(H,15,16). The second-order valence-corrected chi connectivity index (χ2v) is 4.73. The highest BCUT2D eigenvalue weighted by atomic mass is 16.1. The minimum Gasteiger partial charge on any atom is -0.330 e. The van der Waals surface area contributed by atoms with E-state index in [9.17, 15) is 4.79 Å². The zero-order valence-corrected chi connectivity index (χ0v) is 9.79. The van der Waals surface area contributed by atoms with Crippen LogP contribution >= 0.6 is 0 Å². The Balaban J connectivity index is 2.31. The zero-order chi connectivity index (χ0) is 11.7. The molecule has 0 aromatic heterocycles. The molecule has 1 unspecified atom stereocenters. The van der Waals surface area contributed by atoms with Gasteiger partial charge < -0.3 is 11.1 Å². The third-order valence-electron chi connectivity index (χ3n) is 3.24. The Labute approximate surface area is 96.0 Å². The van der Waals surface area contributed by atoms with Crippen molar-refractivity contribution in [3.63, 3.8) is 0 Å². The number of carbonyl (C=O) groups excluding carboxylic acids is 1. The van der Waals surface area contributed by atoms with E-state index in [0.29, 0.717) is 24.8 Å². The average molecular weight is 218 g/mol. The van der Waals surface area contributed by atoms with Gasteiger partial charge in [-0.25, -0.2) is 0 Å². The lowest BCUT2D eigenvalue weighted by Gasteiger charge is -2.19. The average Bonchev–Trinajstić information content (AvgIpc) is 2.57. The number of nitrogens with one attached hydrogen (secondary N) is 1. The number of hydrogen-bond acceptors (Lipinski definition) is 2. The number of nitrogens with two attached hydrogens (primary N) is 1. The van der Waals surface area contributed by atoms with Crippen molar-refractivity contribution >= 4 is 11.6 Å². The molecule has 1 atom stereocenters. The number of rotatable bonds is 3. The lowest BCUT2D eigenvalue weighted by molar-refractivity contribution is -0.115. The van der Waals surface area contributed by atoms with E-state index in [0.717, 1.165) is 11.3 Å². The molecular formula is C13H18N2O. The highest BCUT2D eigenvalue weighted by molar-refractivity contribution is 5.99. The highest BCUT2D eigenvalue weighted by Crippen LogP contribution is 2.29. The van der Waals surface area contributed by atoms with Crippen molar-refractivity contribution in [1.29, 1.82) is 0 Å². The van der Waals surface area contributed by atoms with Crippen LogP contribution in [0, 0.1) is 5.92 Å². The fourth-order valence-corrected chi connectivity index (χ4v) is 2.27. The molecule has 3 N–H and O–H groups in total. The van der Waals surface area contributed by atoms with Gasteiger partial charge in [0.05, 0.1) is 6.42 Å². The molecule has 16 heavy (non-hydrogen) atoms. The maximum atomic E-state index is 11.2. The number of amides is 1. The molecule has 0 saturated carbocycles. The van der Waals surface area contributed by atoms with Gasteiger partial charge >= 0.3 is 0 Å². The number of carbonyl (C=O) groups is 1. The first-order chi connectivity index (χ1) is 7.61. The number of benzene rings is 1. The van der Waals surface area contributed by atoms with Crippen molar-refractivity contribution in [2.24, 2.45) is 11.7 Å². The molecule has 1 heterocycles. The van der Waals surface area contributed by atoms with Gasteiger partial charge in [-0.2, -0.15) is 0 Å². The Hall–Kier alpha value is -1.35. The van der Waals surface area contributed by atoms with Gasteiger partial charge in [0, 0.05) is 5.69 Å². The minimum absolute atomic E-state index is 0.0843. The van der Waals surface area contributed by atoms with E-state index in [4.69, 9.17) is 5.73 Å². The molecule has 0 fully saturated rings. The SMILES string of the molecule is CC(C)C(CN)c1ccc2c(c1)CC(=O)N2. The fraction of sp³-hybridized carbons (Fsp3) is 0.462.